The zero-order valence-corrected chi connectivity index (χ0v) is 19.5. The molecule has 1 amide bonds. The minimum absolute atomic E-state index is 0. The summed E-state index contributed by atoms with van der Waals surface area (Å²) in [6.45, 7) is 7.81. The van der Waals surface area contributed by atoms with Crippen LogP contribution in [0.5, 0.6) is 0 Å². The summed E-state index contributed by atoms with van der Waals surface area (Å²) in [5.74, 6) is 0.139. The summed E-state index contributed by atoms with van der Waals surface area (Å²) >= 11 is 0. The first-order valence-corrected chi connectivity index (χ1v) is 9.83. The van der Waals surface area contributed by atoms with Crippen LogP contribution in [0.4, 0.5) is 5.69 Å². The monoisotopic (exact) mass is 456 g/mol. The first-order chi connectivity index (χ1) is 12.6. The van der Waals surface area contributed by atoms with E-state index in [2.05, 4.69) is 61.6 Å². The summed E-state index contributed by atoms with van der Waals surface area (Å²) in [4.78, 5) is 13.0. The smallest absolute Gasteiger partial charge is 0.279 e. The molecule has 0 aromatic heterocycles. The molecule has 0 bridgehead atoms. The fourth-order valence-corrected chi connectivity index (χ4v) is 4.20. The fraction of sp³-hybridized carbons (Fsp3) is 0.458. The Balaban J connectivity index is 0.00000196. The van der Waals surface area contributed by atoms with Gasteiger partial charge in [0.15, 0.2) is 6.54 Å². The minimum atomic E-state index is 0. The first kappa shape index (κ1) is 25.0. The van der Waals surface area contributed by atoms with Crippen LogP contribution in [0.25, 0.3) is 0 Å². The van der Waals surface area contributed by atoms with Crippen LogP contribution in [-0.2, 0) is 44.0 Å². The van der Waals surface area contributed by atoms with E-state index in [1.165, 1.54) is 31.2 Å². The number of aryl methyl sites for hydroxylation is 2. The van der Waals surface area contributed by atoms with Gasteiger partial charge in [0.25, 0.3) is 5.91 Å². The summed E-state index contributed by atoms with van der Waals surface area (Å²) in [7, 11) is 0. The van der Waals surface area contributed by atoms with E-state index in [9.17, 15) is 4.79 Å². The molecule has 149 valence electrons. The maximum absolute atomic E-state index is 13.0. The van der Waals surface area contributed by atoms with Crippen LogP contribution in [0.2, 0.25) is 0 Å². The minimum Gasteiger partial charge on any atom is -0.321 e. The number of nitrogens with zero attached hydrogens (tertiary/aromatic N) is 1. The number of quaternary nitrogens is 1. The van der Waals surface area contributed by atoms with E-state index in [0.29, 0.717) is 6.54 Å². The quantitative estimate of drug-likeness (QED) is 0.595. The van der Waals surface area contributed by atoms with Crippen molar-refractivity contribution in [3.8, 4) is 0 Å². The number of hydrogen-bond donors (Lipinski definition) is 1. The normalized spacial score (nSPS) is 15.5. The standard InChI is InChI=1S/C23H30N2O.CH4.Y/c1-19-11-10-12-20(2)23(19)24-22(26)18-25(15-8-3-4-9-16-25)17-21-13-6-5-7-14-21;;/h5-7,10-14H,3-4,8-9,15-18H2,1-2H3;1H4;/p+1. The summed E-state index contributed by atoms with van der Waals surface area (Å²) in [6, 6.07) is 16.8. The Morgan fingerprint density at radius 1 is 0.893 bits per heavy atom. The van der Waals surface area contributed by atoms with E-state index in [4.69, 9.17) is 0 Å². The second-order valence-electron chi connectivity index (χ2n) is 7.82. The van der Waals surface area contributed by atoms with Gasteiger partial charge in [0.05, 0.1) is 13.1 Å². The second kappa shape index (κ2) is 11.9. The number of para-hydroxylation sites is 1. The molecule has 28 heavy (non-hydrogen) atoms. The average molecular weight is 456 g/mol. The zero-order valence-electron chi connectivity index (χ0n) is 16.7. The first-order valence-electron chi connectivity index (χ1n) is 9.83. The number of anilines is 1. The molecule has 1 fully saturated rings. The second-order valence-corrected chi connectivity index (χ2v) is 7.82. The van der Waals surface area contributed by atoms with Gasteiger partial charge in [-0.1, -0.05) is 56.0 Å². The molecule has 3 rings (SSSR count). The average Bonchev–Trinajstić information content (AvgIpc) is 2.85. The van der Waals surface area contributed by atoms with Gasteiger partial charge < -0.3 is 9.80 Å². The van der Waals surface area contributed by atoms with Crippen LogP contribution in [0.1, 0.15) is 49.8 Å². The molecule has 0 unspecified atom stereocenters. The summed E-state index contributed by atoms with van der Waals surface area (Å²) < 4.78 is 0.876. The molecule has 0 atom stereocenters. The molecule has 2 aromatic carbocycles. The molecule has 4 heteroatoms. The van der Waals surface area contributed by atoms with Crippen molar-refractivity contribution < 1.29 is 42.0 Å². The van der Waals surface area contributed by atoms with Gasteiger partial charge >= 0.3 is 0 Å². The molecule has 1 aliphatic rings. The third kappa shape index (κ3) is 6.79. The van der Waals surface area contributed by atoms with Crippen LogP contribution in [0.3, 0.4) is 0 Å². The van der Waals surface area contributed by atoms with Crippen LogP contribution < -0.4 is 5.32 Å². The number of amides is 1. The van der Waals surface area contributed by atoms with Gasteiger partial charge in [-0.25, -0.2) is 0 Å². The maximum Gasteiger partial charge on any atom is 0.279 e. The Morgan fingerprint density at radius 2 is 1.46 bits per heavy atom. The Morgan fingerprint density at radius 3 is 2.04 bits per heavy atom. The van der Waals surface area contributed by atoms with Crippen molar-refractivity contribution in [2.24, 2.45) is 0 Å². The SMILES string of the molecule is C.Cc1cccc(C)c1NC(=O)C[N+]1(Cc2ccccc2)CCCCCC1.[Y]. The van der Waals surface area contributed by atoms with Crippen molar-refractivity contribution in [1.82, 2.24) is 0 Å². The molecule has 3 nitrogen and oxygen atoms in total. The predicted molar refractivity (Wildman–Crippen MR) is 115 cm³/mol. The molecule has 1 N–H and O–H groups in total. The molecular weight excluding hydrogens is 421 g/mol. The van der Waals surface area contributed by atoms with E-state index in [1.54, 1.807) is 0 Å². The number of likely N-dealkylation sites (tertiary alicyclic amines) is 1. The fourth-order valence-electron chi connectivity index (χ4n) is 4.20. The van der Waals surface area contributed by atoms with Crippen LogP contribution in [0.15, 0.2) is 48.5 Å². The molecule has 1 heterocycles. The Bertz CT molecular complexity index is 717. The zero-order chi connectivity index (χ0) is 18.4. The number of nitrogens with one attached hydrogen (secondary N) is 1. The molecule has 2 aromatic rings. The van der Waals surface area contributed by atoms with Gasteiger partial charge in [-0.15, -0.1) is 0 Å². The Labute approximate surface area is 196 Å². The summed E-state index contributed by atoms with van der Waals surface area (Å²) in [5, 5.41) is 3.20. The largest absolute Gasteiger partial charge is 0.321 e. The Hall–Kier alpha value is -1.03. The molecule has 0 saturated carbocycles. The van der Waals surface area contributed by atoms with Crippen LogP contribution in [-0.4, -0.2) is 30.0 Å². The van der Waals surface area contributed by atoms with E-state index in [-0.39, 0.29) is 46.0 Å². The van der Waals surface area contributed by atoms with E-state index in [1.807, 2.05) is 6.07 Å². The van der Waals surface area contributed by atoms with Crippen molar-refractivity contribution in [3.05, 3.63) is 65.2 Å². The topological polar surface area (TPSA) is 29.1 Å². The number of rotatable bonds is 5. The van der Waals surface area contributed by atoms with Gasteiger partial charge in [-0.3, -0.25) is 4.79 Å². The third-order valence-electron chi connectivity index (χ3n) is 5.60. The number of carbonyl (C=O) groups is 1. The molecule has 0 spiro atoms. The van der Waals surface area contributed by atoms with Gasteiger partial charge in [0, 0.05) is 44.0 Å². The summed E-state index contributed by atoms with van der Waals surface area (Å²) in [6.07, 6.45) is 4.99. The number of hydrogen-bond acceptors (Lipinski definition) is 1. The van der Waals surface area contributed by atoms with Gasteiger partial charge in [-0.2, -0.15) is 0 Å². The van der Waals surface area contributed by atoms with Gasteiger partial charge in [0.1, 0.15) is 6.54 Å². The van der Waals surface area contributed by atoms with E-state index >= 15 is 0 Å². The van der Waals surface area contributed by atoms with Crippen LogP contribution >= 0.6 is 0 Å². The van der Waals surface area contributed by atoms with Crippen molar-refractivity contribution >= 4 is 11.6 Å². The van der Waals surface area contributed by atoms with Gasteiger partial charge in [0.2, 0.25) is 0 Å². The molecule has 1 saturated heterocycles. The summed E-state index contributed by atoms with van der Waals surface area (Å²) in [5.41, 5.74) is 4.56. The van der Waals surface area contributed by atoms with E-state index < -0.39 is 0 Å². The van der Waals surface area contributed by atoms with Crippen molar-refractivity contribution in [1.29, 1.82) is 0 Å². The van der Waals surface area contributed by atoms with Crippen molar-refractivity contribution in [2.75, 3.05) is 25.0 Å². The molecular formula is C24H35N2OY+. The van der Waals surface area contributed by atoms with Crippen molar-refractivity contribution in [2.45, 2.75) is 53.5 Å². The van der Waals surface area contributed by atoms with E-state index in [0.717, 1.165) is 40.9 Å². The van der Waals surface area contributed by atoms with Crippen LogP contribution in [0, 0.1) is 13.8 Å². The molecule has 0 aliphatic carbocycles. The molecule has 1 aliphatic heterocycles. The maximum atomic E-state index is 13.0. The van der Waals surface area contributed by atoms with Crippen molar-refractivity contribution in [3.63, 3.8) is 0 Å². The predicted octanol–water partition coefficient (Wildman–Crippen LogP) is 5.47. The molecule has 1 radical (unpaired) electrons. The van der Waals surface area contributed by atoms with Gasteiger partial charge in [-0.05, 0) is 50.7 Å². The number of carbonyl (C=O) groups excluding carboxylic acids is 1. The Kier molecular flexibility index (Phi) is 10.6. The third-order valence-corrected chi connectivity index (χ3v) is 5.60. The number of benzene rings is 2.